The molecular formula is C25H25FN4O. The second kappa shape index (κ2) is 8.96. The first-order valence-corrected chi connectivity index (χ1v) is 10.7. The van der Waals surface area contributed by atoms with Gasteiger partial charge in [-0.2, -0.15) is 5.10 Å². The summed E-state index contributed by atoms with van der Waals surface area (Å²) in [6, 6.07) is 20.9. The zero-order valence-electron chi connectivity index (χ0n) is 17.3. The van der Waals surface area contributed by atoms with Crippen molar-refractivity contribution in [2.45, 2.75) is 6.04 Å². The van der Waals surface area contributed by atoms with Gasteiger partial charge in [-0.05, 0) is 18.2 Å². The summed E-state index contributed by atoms with van der Waals surface area (Å²) in [5.74, 6) is -0.132. The van der Waals surface area contributed by atoms with E-state index in [1.54, 1.807) is 6.07 Å². The highest BCUT2D eigenvalue weighted by Gasteiger charge is 2.36. The average Bonchev–Trinajstić information content (AvgIpc) is 3.24. The maximum absolute atomic E-state index is 14.8. The third-order valence-electron chi connectivity index (χ3n) is 5.93. The van der Waals surface area contributed by atoms with Crippen molar-refractivity contribution in [3.8, 4) is 11.3 Å². The molecule has 0 bridgehead atoms. The van der Waals surface area contributed by atoms with Gasteiger partial charge in [-0.1, -0.05) is 48.5 Å². The summed E-state index contributed by atoms with van der Waals surface area (Å²) >= 11 is 0. The number of benzene rings is 2. The molecule has 0 radical (unpaired) electrons. The Labute approximate surface area is 181 Å². The first kappa shape index (κ1) is 19.8. The fraction of sp³-hybridized carbons (Fsp3) is 0.280. The van der Waals surface area contributed by atoms with Crippen LogP contribution in [0.4, 0.5) is 10.1 Å². The Bertz CT molecular complexity index is 1030. The molecule has 3 aromatic rings. The van der Waals surface area contributed by atoms with Crippen molar-refractivity contribution in [1.29, 1.82) is 0 Å². The van der Waals surface area contributed by atoms with Gasteiger partial charge < -0.3 is 4.74 Å². The number of anilines is 1. The van der Waals surface area contributed by atoms with E-state index < -0.39 is 0 Å². The smallest absolute Gasteiger partial charge is 0.128 e. The van der Waals surface area contributed by atoms with Crippen LogP contribution in [0.5, 0.6) is 0 Å². The lowest BCUT2D eigenvalue weighted by atomic mass is 9.93. The highest BCUT2D eigenvalue weighted by Crippen LogP contribution is 2.38. The van der Waals surface area contributed by atoms with Gasteiger partial charge in [0.15, 0.2) is 0 Å². The summed E-state index contributed by atoms with van der Waals surface area (Å²) in [5.41, 5.74) is 3.48. The highest BCUT2D eigenvalue weighted by molar-refractivity contribution is 5.71. The van der Waals surface area contributed by atoms with Gasteiger partial charge in [0, 0.05) is 42.9 Å². The summed E-state index contributed by atoms with van der Waals surface area (Å²) in [4.78, 5) is 7.02. The SMILES string of the molecule is Fc1ccccc1C1C(CN2CCOCC2)C=NN1c1ccc(-c2ccccc2)nc1. The third kappa shape index (κ3) is 4.22. The molecule has 0 amide bonds. The molecule has 1 fully saturated rings. The van der Waals surface area contributed by atoms with Crippen molar-refractivity contribution < 1.29 is 9.13 Å². The van der Waals surface area contributed by atoms with E-state index in [0.29, 0.717) is 5.56 Å². The van der Waals surface area contributed by atoms with Crippen LogP contribution in [0.15, 0.2) is 78.0 Å². The van der Waals surface area contributed by atoms with E-state index >= 15 is 0 Å². The number of morpholine rings is 1. The first-order chi connectivity index (χ1) is 15.3. The Morgan fingerprint density at radius 3 is 2.45 bits per heavy atom. The lowest BCUT2D eigenvalue weighted by Crippen LogP contribution is -2.41. The van der Waals surface area contributed by atoms with E-state index in [0.717, 1.165) is 49.8 Å². The third-order valence-corrected chi connectivity index (χ3v) is 5.93. The van der Waals surface area contributed by atoms with Crippen LogP contribution < -0.4 is 5.01 Å². The van der Waals surface area contributed by atoms with E-state index in [2.05, 4.69) is 9.88 Å². The summed E-state index contributed by atoms with van der Waals surface area (Å²) < 4.78 is 20.3. The molecule has 158 valence electrons. The van der Waals surface area contributed by atoms with Gasteiger partial charge in [0.25, 0.3) is 0 Å². The van der Waals surface area contributed by atoms with Gasteiger partial charge in [0.2, 0.25) is 0 Å². The number of ether oxygens (including phenoxy) is 1. The molecule has 5 nitrogen and oxygen atoms in total. The van der Waals surface area contributed by atoms with Gasteiger partial charge in [-0.25, -0.2) is 4.39 Å². The largest absolute Gasteiger partial charge is 0.379 e. The van der Waals surface area contributed by atoms with E-state index in [4.69, 9.17) is 9.84 Å². The molecule has 2 unspecified atom stereocenters. The van der Waals surface area contributed by atoms with Crippen LogP contribution in [-0.2, 0) is 4.74 Å². The monoisotopic (exact) mass is 416 g/mol. The second-order valence-corrected chi connectivity index (χ2v) is 7.92. The molecule has 1 saturated heterocycles. The van der Waals surface area contributed by atoms with Gasteiger partial charge in [0.05, 0.1) is 36.8 Å². The zero-order valence-corrected chi connectivity index (χ0v) is 17.3. The number of hydrogen-bond acceptors (Lipinski definition) is 5. The molecule has 1 aromatic heterocycles. The molecule has 2 atom stereocenters. The summed E-state index contributed by atoms with van der Waals surface area (Å²) in [5, 5.41) is 6.61. The van der Waals surface area contributed by atoms with Crippen molar-refractivity contribution >= 4 is 11.9 Å². The lowest BCUT2D eigenvalue weighted by molar-refractivity contribution is 0.0336. The molecule has 2 aliphatic rings. The number of hydrazone groups is 1. The fourth-order valence-corrected chi connectivity index (χ4v) is 4.33. The highest BCUT2D eigenvalue weighted by atomic mass is 19.1. The molecule has 0 saturated carbocycles. The number of nitrogens with zero attached hydrogens (tertiary/aromatic N) is 4. The van der Waals surface area contributed by atoms with E-state index in [-0.39, 0.29) is 17.8 Å². The standard InChI is InChI=1S/C25H25FN4O/c26-23-9-5-4-8-22(23)25-20(18-29-12-14-31-15-13-29)16-28-30(25)21-10-11-24(27-17-21)19-6-2-1-3-7-19/h1-11,16-17,20,25H,12-15,18H2. The van der Waals surface area contributed by atoms with Crippen LogP contribution >= 0.6 is 0 Å². The van der Waals surface area contributed by atoms with E-state index in [9.17, 15) is 4.39 Å². The summed E-state index contributed by atoms with van der Waals surface area (Å²) in [6.07, 6.45) is 3.78. The topological polar surface area (TPSA) is 41.0 Å². The van der Waals surface area contributed by atoms with Gasteiger partial charge in [-0.3, -0.25) is 14.9 Å². The Hall–Kier alpha value is -3.09. The second-order valence-electron chi connectivity index (χ2n) is 7.92. The maximum atomic E-state index is 14.8. The predicted octanol–water partition coefficient (Wildman–Crippen LogP) is 4.38. The van der Waals surface area contributed by atoms with Crippen LogP contribution in [-0.4, -0.2) is 48.9 Å². The van der Waals surface area contributed by atoms with Crippen LogP contribution in [0.3, 0.4) is 0 Å². The summed E-state index contributed by atoms with van der Waals surface area (Å²) in [7, 11) is 0. The number of hydrogen-bond donors (Lipinski definition) is 0. The van der Waals surface area contributed by atoms with Gasteiger partial charge in [0.1, 0.15) is 5.82 Å². The van der Waals surface area contributed by atoms with Crippen molar-refractivity contribution in [2.24, 2.45) is 11.0 Å². The quantitative estimate of drug-likeness (QED) is 0.619. The first-order valence-electron chi connectivity index (χ1n) is 10.7. The minimum atomic E-state index is -0.214. The summed E-state index contributed by atoms with van der Waals surface area (Å²) in [6.45, 7) is 4.08. The number of rotatable bonds is 5. The predicted molar refractivity (Wildman–Crippen MR) is 121 cm³/mol. The van der Waals surface area contributed by atoms with Crippen molar-refractivity contribution in [2.75, 3.05) is 37.9 Å². The van der Waals surface area contributed by atoms with Crippen LogP contribution in [0.1, 0.15) is 11.6 Å². The molecule has 2 aliphatic heterocycles. The molecule has 0 aliphatic carbocycles. The Kier molecular flexibility index (Phi) is 5.74. The molecule has 0 spiro atoms. The van der Waals surface area contributed by atoms with Crippen molar-refractivity contribution in [1.82, 2.24) is 9.88 Å². The molecule has 0 N–H and O–H groups in total. The minimum Gasteiger partial charge on any atom is -0.379 e. The van der Waals surface area contributed by atoms with Crippen LogP contribution in [0.25, 0.3) is 11.3 Å². The fourth-order valence-electron chi connectivity index (χ4n) is 4.33. The molecule has 3 heterocycles. The Balaban J connectivity index is 1.44. The molecule has 5 rings (SSSR count). The molecule has 31 heavy (non-hydrogen) atoms. The van der Waals surface area contributed by atoms with E-state index in [1.807, 2.05) is 72.0 Å². The van der Waals surface area contributed by atoms with Crippen molar-refractivity contribution in [3.63, 3.8) is 0 Å². The van der Waals surface area contributed by atoms with E-state index in [1.165, 1.54) is 6.07 Å². The number of halogens is 1. The Morgan fingerprint density at radius 2 is 1.71 bits per heavy atom. The molecule has 2 aromatic carbocycles. The lowest BCUT2D eigenvalue weighted by Gasteiger charge is -2.33. The van der Waals surface area contributed by atoms with Crippen molar-refractivity contribution in [3.05, 3.63) is 84.3 Å². The number of pyridine rings is 1. The van der Waals surface area contributed by atoms with Gasteiger partial charge >= 0.3 is 0 Å². The average molecular weight is 417 g/mol. The van der Waals surface area contributed by atoms with Crippen LogP contribution in [0.2, 0.25) is 0 Å². The zero-order chi connectivity index (χ0) is 21.0. The minimum absolute atomic E-state index is 0.0730. The Morgan fingerprint density at radius 1 is 0.935 bits per heavy atom. The van der Waals surface area contributed by atoms with Crippen LogP contribution in [0, 0.1) is 11.7 Å². The molecule has 6 heteroatoms. The molecular weight excluding hydrogens is 391 g/mol. The number of aromatic nitrogens is 1. The van der Waals surface area contributed by atoms with Gasteiger partial charge in [-0.15, -0.1) is 0 Å². The maximum Gasteiger partial charge on any atom is 0.128 e. The normalized spacial score (nSPS) is 21.5.